The van der Waals surface area contributed by atoms with E-state index in [2.05, 4.69) is 0 Å². The molecule has 0 radical (unpaired) electrons. The number of carbonyl (C=O) groups excluding carboxylic acids is 2. The number of hydrogen-bond acceptors (Lipinski definition) is 3. The number of aliphatic hydroxyl groups excluding tert-OH is 1. The van der Waals surface area contributed by atoms with Crippen LogP contribution in [0.2, 0.25) is 0 Å². The lowest BCUT2D eigenvalue weighted by Crippen LogP contribution is -2.32. The third-order valence-corrected chi connectivity index (χ3v) is 3.30. The van der Waals surface area contributed by atoms with Crippen molar-refractivity contribution in [2.75, 3.05) is 30.5 Å². The molecule has 0 aliphatic carbocycles. The van der Waals surface area contributed by atoms with Crippen LogP contribution in [0.1, 0.15) is 12.0 Å². The summed E-state index contributed by atoms with van der Waals surface area (Å²) in [6.45, 7) is -0.508. The second kappa shape index (κ2) is 4.78. The molecule has 0 unspecified atom stereocenters. The number of aliphatic hydroxyl groups is 1. The van der Waals surface area contributed by atoms with Gasteiger partial charge in [-0.15, -0.1) is 0 Å². The number of rotatable bonds is 2. The predicted octanol–water partition coefficient (Wildman–Crippen LogP) is 0.551. The third kappa shape index (κ3) is 2.09. The van der Waals surface area contributed by atoms with Crippen molar-refractivity contribution in [3.63, 3.8) is 0 Å². The van der Waals surface area contributed by atoms with Gasteiger partial charge in [-0.25, -0.2) is 0 Å². The highest BCUT2D eigenvalue weighted by atomic mass is 16.3. The summed E-state index contributed by atoms with van der Waals surface area (Å²) in [7, 11) is 3.38. The van der Waals surface area contributed by atoms with Gasteiger partial charge in [0, 0.05) is 31.9 Å². The quantitative estimate of drug-likeness (QED) is 0.831. The molecule has 1 aliphatic heterocycles. The Balaban J connectivity index is 2.33. The molecule has 0 saturated carbocycles. The van der Waals surface area contributed by atoms with E-state index in [0.717, 1.165) is 16.9 Å². The van der Waals surface area contributed by atoms with E-state index >= 15 is 0 Å². The van der Waals surface area contributed by atoms with Crippen molar-refractivity contribution in [2.45, 2.75) is 12.8 Å². The lowest BCUT2D eigenvalue weighted by atomic mass is 10.0. The summed E-state index contributed by atoms with van der Waals surface area (Å²) in [5.41, 5.74) is 2.67. The normalized spacial score (nSPS) is 14.4. The molecule has 18 heavy (non-hydrogen) atoms. The molecule has 1 N–H and O–H groups in total. The minimum atomic E-state index is -0.508. The number of carbonyl (C=O) groups is 2. The Morgan fingerprint density at radius 1 is 1.44 bits per heavy atom. The van der Waals surface area contributed by atoms with Gasteiger partial charge in [0.1, 0.15) is 6.61 Å². The number of likely N-dealkylation sites (N-methyl/N-ethyl adjacent to an activating group) is 1. The number of benzene rings is 1. The van der Waals surface area contributed by atoms with Crippen LogP contribution in [0.4, 0.5) is 11.4 Å². The topological polar surface area (TPSA) is 60.9 Å². The molecule has 0 saturated heterocycles. The van der Waals surface area contributed by atoms with Gasteiger partial charge in [-0.2, -0.15) is 0 Å². The number of nitrogens with zero attached hydrogens (tertiary/aromatic N) is 2. The van der Waals surface area contributed by atoms with Crippen molar-refractivity contribution in [1.82, 2.24) is 0 Å². The monoisotopic (exact) mass is 248 g/mol. The molecule has 2 rings (SSSR count). The smallest absolute Gasteiger partial charge is 0.252 e. The average molecular weight is 248 g/mol. The summed E-state index contributed by atoms with van der Waals surface area (Å²) in [6.07, 6.45) is 1.18. The van der Waals surface area contributed by atoms with Crippen LogP contribution in [0.15, 0.2) is 18.2 Å². The van der Waals surface area contributed by atoms with E-state index in [1.165, 1.54) is 4.90 Å². The van der Waals surface area contributed by atoms with Crippen molar-refractivity contribution in [1.29, 1.82) is 0 Å². The van der Waals surface area contributed by atoms with Crippen LogP contribution in [0, 0.1) is 0 Å². The van der Waals surface area contributed by atoms with Gasteiger partial charge in [0.2, 0.25) is 5.91 Å². The van der Waals surface area contributed by atoms with Gasteiger partial charge in [0.25, 0.3) is 5.91 Å². The fourth-order valence-electron chi connectivity index (χ4n) is 2.10. The van der Waals surface area contributed by atoms with Crippen molar-refractivity contribution < 1.29 is 14.7 Å². The summed E-state index contributed by atoms with van der Waals surface area (Å²) in [4.78, 5) is 26.0. The SMILES string of the molecule is CN(C(=O)CO)c1ccc2c(c1)CCC(=O)N2C. The Morgan fingerprint density at radius 3 is 2.83 bits per heavy atom. The van der Waals surface area contributed by atoms with Crippen LogP contribution < -0.4 is 9.80 Å². The molecule has 0 spiro atoms. The van der Waals surface area contributed by atoms with Gasteiger partial charge in [0.15, 0.2) is 0 Å². The highest BCUT2D eigenvalue weighted by Crippen LogP contribution is 2.30. The number of anilines is 2. The minimum absolute atomic E-state index is 0.107. The van der Waals surface area contributed by atoms with Gasteiger partial charge >= 0.3 is 0 Å². The van der Waals surface area contributed by atoms with Crippen LogP contribution in [0.25, 0.3) is 0 Å². The molecule has 5 heteroatoms. The lowest BCUT2D eigenvalue weighted by molar-refractivity contribution is -0.121. The molecular weight excluding hydrogens is 232 g/mol. The zero-order valence-electron chi connectivity index (χ0n) is 10.5. The first-order chi connectivity index (χ1) is 8.54. The van der Waals surface area contributed by atoms with E-state index in [1.54, 1.807) is 25.1 Å². The van der Waals surface area contributed by atoms with Crippen molar-refractivity contribution in [3.05, 3.63) is 23.8 Å². The summed E-state index contributed by atoms with van der Waals surface area (Å²) in [5.74, 6) is -0.245. The number of aryl methyl sites for hydroxylation is 1. The zero-order valence-corrected chi connectivity index (χ0v) is 10.5. The van der Waals surface area contributed by atoms with Gasteiger partial charge in [0.05, 0.1) is 0 Å². The van der Waals surface area contributed by atoms with E-state index < -0.39 is 6.61 Å². The Morgan fingerprint density at radius 2 is 2.17 bits per heavy atom. The molecule has 1 aromatic rings. The molecule has 1 aromatic carbocycles. The molecule has 5 nitrogen and oxygen atoms in total. The van der Waals surface area contributed by atoms with E-state index in [-0.39, 0.29) is 11.8 Å². The summed E-state index contributed by atoms with van der Waals surface area (Å²) in [6, 6.07) is 5.51. The summed E-state index contributed by atoms with van der Waals surface area (Å²) in [5, 5.41) is 8.84. The molecule has 0 aromatic heterocycles. The highest BCUT2D eigenvalue weighted by molar-refractivity contribution is 5.97. The minimum Gasteiger partial charge on any atom is -0.387 e. The first-order valence-electron chi connectivity index (χ1n) is 5.81. The Kier molecular flexibility index (Phi) is 3.34. The van der Waals surface area contributed by atoms with Crippen LogP contribution in [0.3, 0.4) is 0 Å². The summed E-state index contributed by atoms with van der Waals surface area (Å²) >= 11 is 0. The Bertz CT molecular complexity index is 499. The van der Waals surface area contributed by atoms with Gasteiger partial charge in [-0.05, 0) is 30.2 Å². The van der Waals surface area contributed by atoms with Crippen molar-refractivity contribution in [3.8, 4) is 0 Å². The molecule has 0 bridgehead atoms. The maximum absolute atomic E-state index is 11.6. The Hall–Kier alpha value is -1.88. The number of fused-ring (bicyclic) bond motifs is 1. The maximum Gasteiger partial charge on any atom is 0.252 e. The fraction of sp³-hybridized carbons (Fsp3) is 0.385. The second-order valence-electron chi connectivity index (χ2n) is 4.38. The molecular formula is C13H16N2O3. The van der Waals surface area contributed by atoms with Gasteiger partial charge in [-0.1, -0.05) is 0 Å². The van der Waals surface area contributed by atoms with Crippen LogP contribution in [0.5, 0.6) is 0 Å². The van der Waals surface area contributed by atoms with Crippen molar-refractivity contribution >= 4 is 23.2 Å². The molecule has 0 atom stereocenters. The molecule has 2 amide bonds. The van der Waals surface area contributed by atoms with E-state index in [1.807, 2.05) is 12.1 Å². The number of amides is 2. The largest absolute Gasteiger partial charge is 0.387 e. The predicted molar refractivity (Wildman–Crippen MR) is 68.7 cm³/mol. The second-order valence-corrected chi connectivity index (χ2v) is 4.38. The zero-order chi connectivity index (χ0) is 13.3. The fourth-order valence-corrected chi connectivity index (χ4v) is 2.10. The highest BCUT2D eigenvalue weighted by Gasteiger charge is 2.21. The first kappa shape index (κ1) is 12.6. The van der Waals surface area contributed by atoms with Crippen molar-refractivity contribution in [2.24, 2.45) is 0 Å². The summed E-state index contributed by atoms with van der Waals surface area (Å²) < 4.78 is 0. The van der Waals surface area contributed by atoms with E-state index in [0.29, 0.717) is 12.8 Å². The molecule has 1 heterocycles. The first-order valence-corrected chi connectivity index (χ1v) is 5.81. The van der Waals surface area contributed by atoms with E-state index in [9.17, 15) is 9.59 Å². The van der Waals surface area contributed by atoms with Gasteiger partial charge in [-0.3, -0.25) is 9.59 Å². The van der Waals surface area contributed by atoms with Gasteiger partial charge < -0.3 is 14.9 Å². The number of hydrogen-bond donors (Lipinski definition) is 1. The third-order valence-electron chi connectivity index (χ3n) is 3.30. The lowest BCUT2D eigenvalue weighted by Gasteiger charge is -2.27. The standard InChI is InChI=1S/C13H16N2O3/c1-14(13(18)8-16)10-4-5-11-9(7-10)3-6-12(17)15(11)2/h4-5,7,16H,3,6,8H2,1-2H3. The molecule has 0 fully saturated rings. The van der Waals surface area contributed by atoms with Crippen LogP contribution in [-0.4, -0.2) is 37.6 Å². The molecule has 96 valence electrons. The van der Waals surface area contributed by atoms with Crippen LogP contribution in [-0.2, 0) is 16.0 Å². The van der Waals surface area contributed by atoms with Crippen LogP contribution >= 0.6 is 0 Å². The molecule has 1 aliphatic rings. The average Bonchev–Trinajstić information content (AvgIpc) is 2.41. The Labute approximate surface area is 106 Å². The maximum atomic E-state index is 11.6. The van der Waals surface area contributed by atoms with E-state index in [4.69, 9.17) is 5.11 Å².